The number of carboxylic acid groups (broad SMARTS) is 1. The second kappa shape index (κ2) is 5.69. The molecule has 0 aliphatic heterocycles. The van der Waals surface area contributed by atoms with Gasteiger partial charge in [0.1, 0.15) is 0 Å². The van der Waals surface area contributed by atoms with Gasteiger partial charge in [-0.25, -0.2) is 4.79 Å². The molecule has 1 saturated carbocycles. The summed E-state index contributed by atoms with van der Waals surface area (Å²) in [5.41, 5.74) is 1.40. The Morgan fingerprint density at radius 2 is 2.21 bits per heavy atom. The number of hydrogen-bond donors (Lipinski definition) is 3. The Balaban J connectivity index is 1.86. The summed E-state index contributed by atoms with van der Waals surface area (Å²) in [4.78, 5) is 26.7. The summed E-state index contributed by atoms with van der Waals surface area (Å²) >= 11 is 0. The number of carboxylic acids is 1. The van der Waals surface area contributed by atoms with Gasteiger partial charge in [0.2, 0.25) is 0 Å². The smallest absolute Gasteiger partial charge is 0.319 e. The topological polar surface area (TPSA) is 91.3 Å². The van der Waals surface area contributed by atoms with Gasteiger partial charge in [-0.3, -0.25) is 9.78 Å². The van der Waals surface area contributed by atoms with Crippen LogP contribution < -0.4 is 10.6 Å². The minimum absolute atomic E-state index is 0.0712. The highest BCUT2D eigenvalue weighted by Gasteiger charge is 2.30. The number of pyridine rings is 1. The second-order valence-electron chi connectivity index (χ2n) is 4.78. The van der Waals surface area contributed by atoms with Gasteiger partial charge >= 0.3 is 12.0 Å². The van der Waals surface area contributed by atoms with Gasteiger partial charge in [0.25, 0.3) is 0 Å². The van der Waals surface area contributed by atoms with Crippen LogP contribution in [0.3, 0.4) is 0 Å². The molecule has 102 valence electrons. The number of carbonyl (C=O) groups is 2. The number of rotatable bonds is 3. The summed E-state index contributed by atoms with van der Waals surface area (Å²) < 4.78 is 0. The highest BCUT2D eigenvalue weighted by Crippen LogP contribution is 2.25. The minimum atomic E-state index is -0.784. The summed E-state index contributed by atoms with van der Waals surface area (Å²) in [6.45, 7) is 1.81. The highest BCUT2D eigenvalue weighted by molar-refractivity contribution is 5.90. The number of aliphatic carboxylic acids is 1. The van der Waals surface area contributed by atoms with E-state index in [0.29, 0.717) is 24.9 Å². The SMILES string of the molecule is Cc1ncccc1NC(=O)N[C@H]1CC[C@@H](C(=O)O)C1. The van der Waals surface area contributed by atoms with Crippen LogP contribution in [0.4, 0.5) is 10.5 Å². The Morgan fingerprint density at radius 1 is 1.42 bits per heavy atom. The monoisotopic (exact) mass is 263 g/mol. The van der Waals surface area contributed by atoms with Crippen LogP contribution in [0.5, 0.6) is 0 Å². The maximum absolute atomic E-state index is 11.8. The number of nitrogens with one attached hydrogen (secondary N) is 2. The van der Waals surface area contributed by atoms with Crippen LogP contribution in [0, 0.1) is 12.8 Å². The largest absolute Gasteiger partial charge is 0.481 e. The fourth-order valence-electron chi connectivity index (χ4n) is 2.30. The van der Waals surface area contributed by atoms with E-state index in [0.717, 1.165) is 5.69 Å². The van der Waals surface area contributed by atoms with Crippen LogP contribution in [-0.2, 0) is 4.79 Å². The van der Waals surface area contributed by atoms with Gasteiger partial charge in [0.15, 0.2) is 0 Å². The van der Waals surface area contributed by atoms with Crippen molar-refractivity contribution in [3.05, 3.63) is 24.0 Å². The summed E-state index contributed by atoms with van der Waals surface area (Å²) in [7, 11) is 0. The standard InChI is InChI=1S/C13H17N3O3/c1-8-11(3-2-6-14-8)16-13(19)15-10-5-4-9(7-10)12(17)18/h2-3,6,9-10H,4-5,7H2,1H3,(H,17,18)(H2,15,16,19)/t9-,10+/m1/s1. The molecule has 0 saturated heterocycles. The molecule has 6 nitrogen and oxygen atoms in total. The third kappa shape index (κ3) is 3.43. The predicted molar refractivity (Wildman–Crippen MR) is 69.9 cm³/mol. The van der Waals surface area contributed by atoms with Gasteiger partial charge < -0.3 is 15.7 Å². The molecule has 2 rings (SSSR count). The maximum atomic E-state index is 11.8. The van der Waals surface area contributed by atoms with E-state index < -0.39 is 5.97 Å². The number of aromatic nitrogens is 1. The Bertz CT molecular complexity index is 490. The zero-order valence-electron chi connectivity index (χ0n) is 10.7. The van der Waals surface area contributed by atoms with E-state index >= 15 is 0 Å². The van der Waals surface area contributed by atoms with E-state index in [2.05, 4.69) is 15.6 Å². The van der Waals surface area contributed by atoms with Crippen LogP contribution in [-0.4, -0.2) is 28.1 Å². The van der Waals surface area contributed by atoms with Crippen LogP contribution in [0.1, 0.15) is 25.0 Å². The predicted octanol–water partition coefficient (Wildman–Crippen LogP) is 1.76. The fraction of sp³-hybridized carbons (Fsp3) is 0.462. The van der Waals surface area contributed by atoms with Crippen molar-refractivity contribution < 1.29 is 14.7 Å². The summed E-state index contributed by atoms with van der Waals surface area (Å²) in [6.07, 6.45) is 3.48. The van der Waals surface area contributed by atoms with E-state index in [1.165, 1.54) is 0 Å². The lowest BCUT2D eigenvalue weighted by Crippen LogP contribution is -2.36. The quantitative estimate of drug-likeness (QED) is 0.775. The lowest BCUT2D eigenvalue weighted by atomic mass is 10.1. The summed E-state index contributed by atoms with van der Waals surface area (Å²) in [5, 5.41) is 14.4. The van der Waals surface area contributed by atoms with E-state index in [1.54, 1.807) is 18.3 Å². The number of nitrogens with zero attached hydrogens (tertiary/aromatic N) is 1. The first-order chi connectivity index (χ1) is 9.06. The number of amides is 2. The van der Waals surface area contributed by atoms with Crippen molar-refractivity contribution in [2.45, 2.75) is 32.2 Å². The molecule has 1 fully saturated rings. The average Bonchev–Trinajstić information content (AvgIpc) is 2.80. The Morgan fingerprint density at radius 3 is 2.84 bits per heavy atom. The van der Waals surface area contributed by atoms with Gasteiger partial charge in [-0.2, -0.15) is 0 Å². The van der Waals surface area contributed by atoms with Crippen LogP contribution in [0.15, 0.2) is 18.3 Å². The normalized spacial score (nSPS) is 21.9. The molecule has 6 heteroatoms. The van der Waals surface area contributed by atoms with Crippen LogP contribution in [0.25, 0.3) is 0 Å². The molecule has 1 aliphatic rings. The lowest BCUT2D eigenvalue weighted by Gasteiger charge is -2.14. The molecule has 0 radical (unpaired) electrons. The molecule has 3 N–H and O–H groups in total. The van der Waals surface area contributed by atoms with Crippen LogP contribution >= 0.6 is 0 Å². The average molecular weight is 263 g/mol. The Hall–Kier alpha value is -2.11. The summed E-state index contributed by atoms with van der Waals surface area (Å²) in [6, 6.07) is 3.14. The number of aryl methyl sites for hydroxylation is 1. The zero-order valence-corrected chi connectivity index (χ0v) is 10.7. The first kappa shape index (κ1) is 13.3. The number of hydrogen-bond acceptors (Lipinski definition) is 3. The number of anilines is 1. The molecule has 0 aromatic carbocycles. The minimum Gasteiger partial charge on any atom is -0.481 e. The molecular weight excluding hydrogens is 246 g/mol. The molecule has 2 atom stereocenters. The highest BCUT2D eigenvalue weighted by atomic mass is 16.4. The maximum Gasteiger partial charge on any atom is 0.319 e. The third-order valence-corrected chi connectivity index (χ3v) is 3.37. The van der Waals surface area contributed by atoms with E-state index in [-0.39, 0.29) is 18.0 Å². The molecule has 0 bridgehead atoms. The molecule has 1 aromatic rings. The van der Waals surface area contributed by atoms with Crippen molar-refractivity contribution in [2.24, 2.45) is 5.92 Å². The second-order valence-corrected chi connectivity index (χ2v) is 4.78. The zero-order chi connectivity index (χ0) is 13.8. The first-order valence-electron chi connectivity index (χ1n) is 6.28. The van der Waals surface area contributed by atoms with Gasteiger partial charge in [-0.1, -0.05) is 0 Å². The molecular formula is C13H17N3O3. The van der Waals surface area contributed by atoms with Crippen molar-refractivity contribution >= 4 is 17.7 Å². The van der Waals surface area contributed by atoms with Crippen LogP contribution in [0.2, 0.25) is 0 Å². The van der Waals surface area contributed by atoms with Gasteiger partial charge in [0, 0.05) is 12.2 Å². The van der Waals surface area contributed by atoms with Crippen molar-refractivity contribution in [3.63, 3.8) is 0 Å². The molecule has 0 spiro atoms. The Labute approximate surface area is 111 Å². The molecule has 0 unspecified atom stereocenters. The lowest BCUT2D eigenvalue weighted by molar-refractivity contribution is -0.141. The summed E-state index contributed by atoms with van der Waals surface area (Å²) in [5.74, 6) is -1.13. The molecule has 2 amide bonds. The van der Waals surface area contributed by atoms with Crippen molar-refractivity contribution in [2.75, 3.05) is 5.32 Å². The number of carbonyl (C=O) groups excluding carboxylic acids is 1. The first-order valence-corrected chi connectivity index (χ1v) is 6.28. The van der Waals surface area contributed by atoms with Crippen molar-refractivity contribution in [3.8, 4) is 0 Å². The van der Waals surface area contributed by atoms with Gasteiger partial charge in [-0.05, 0) is 38.3 Å². The fourth-order valence-corrected chi connectivity index (χ4v) is 2.30. The van der Waals surface area contributed by atoms with Crippen molar-refractivity contribution in [1.29, 1.82) is 0 Å². The van der Waals surface area contributed by atoms with E-state index in [1.807, 2.05) is 6.92 Å². The van der Waals surface area contributed by atoms with Gasteiger partial charge in [-0.15, -0.1) is 0 Å². The third-order valence-electron chi connectivity index (χ3n) is 3.37. The van der Waals surface area contributed by atoms with Crippen molar-refractivity contribution in [1.82, 2.24) is 10.3 Å². The van der Waals surface area contributed by atoms with E-state index in [4.69, 9.17) is 5.11 Å². The van der Waals surface area contributed by atoms with E-state index in [9.17, 15) is 9.59 Å². The van der Waals surface area contributed by atoms with Gasteiger partial charge in [0.05, 0.1) is 17.3 Å². The molecule has 1 aliphatic carbocycles. The molecule has 19 heavy (non-hydrogen) atoms. The number of urea groups is 1. The Kier molecular flexibility index (Phi) is 3.99. The molecule has 1 aromatic heterocycles. The molecule has 1 heterocycles.